The fraction of sp³-hybridized carbons (Fsp3) is 0.667. The normalized spacial score (nSPS) is 25.1. The Balaban J connectivity index is 1.69. The Morgan fingerprint density at radius 1 is 1.60 bits per heavy atom. The van der Waals surface area contributed by atoms with E-state index >= 15 is 0 Å². The van der Waals surface area contributed by atoms with Crippen LogP contribution in [0.5, 0.6) is 0 Å². The fourth-order valence-corrected chi connectivity index (χ4v) is 2.51. The number of aromatic nitrogens is 3. The van der Waals surface area contributed by atoms with Gasteiger partial charge in [0.2, 0.25) is 17.8 Å². The third-order valence-corrected chi connectivity index (χ3v) is 3.49. The van der Waals surface area contributed by atoms with Crippen molar-refractivity contribution in [3.05, 3.63) is 5.82 Å². The van der Waals surface area contributed by atoms with Crippen LogP contribution in [0.1, 0.15) is 31.1 Å². The van der Waals surface area contributed by atoms with Crippen molar-refractivity contribution in [2.75, 3.05) is 18.5 Å². The SMILES string of the molecule is Cc1nc2n(n1)[C@H](C(=O)NC[C@@H]1CCCO1)CC(=O)N2. The smallest absolute Gasteiger partial charge is 0.245 e. The first-order chi connectivity index (χ1) is 9.63. The molecule has 0 radical (unpaired) electrons. The molecular weight excluding hydrogens is 262 g/mol. The number of fused-ring (bicyclic) bond motifs is 1. The van der Waals surface area contributed by atoms with Gasteiger partial charge >= 0.3 is 0 Å². The van der Waals surface area contributed by atoms with Crippen molar-refractivity contribution in [1.82, 2.24) is 20.1 Å². The number of hydrogen-bond donors (Lipinski definition) is 2. The molecule has 3 heterocycles. The number of rotatable bonds is 3. The van der Waals surface area contributed by atoms with Gasteiger partial charge in [-0.2, -0.15) is 10.1 Å². The van der Waals surface area contributed by atoms with Crippen LogP contribution in [0.15, 0.2) is 0 Å². The molecule has 1 saturated heterocycles. The van der Waals surface area contributed by atoms with E-state index in [1.54, 1.807) is 6.92 Å². The van der Waals surface area contributed by atoms with Crippen molar-refractivity contribution in [2.24, 2.45) is 0 Å². The minimum atomic E-state index is -0.638. The van der Waals surface area contributed by atoms with Gasteiger partial charge in [0.1, 0.15) is 11.9 Å². The summed E-state index contributed by atoms with van der Waals surface area (Å²) in [7, 11) is 0. The van der Waals surface area contributed by atoms with Crippen molar-refractivity contribution in [2.45, 2.75) is 38.3 Å². The third kappa shape index (κ3) is 2.51. The average molecular weight is 279 g/mol. The first kappa shape index (κ1) is 13.0. The molecule has 8 nitrogen and oxygen atoms in total. The van der Waals surface area contributed by atoms with Crippen LogP contribution < -0.4 is 10.6 Å². The Hall–Kier alpha value is -1.96. The molecule has 2 N–H and O–H groups in total. The lowest BCUT2D eigenvalue weighted by Crippen LogP contribution is -2.41. The van der Waals surface area contributed by atoms with Gasteiger partial charge in [0.05, 0.1) is 12.5 Å². The van der Waals surface area contributed by atoms with Crippen LogP contribution in [-0.4, -0.2) is 45.8 Å². The molecule has 1 fully saturated rings. The van der Waals surface area contributed by atoms with Crippen LogP contribution in [0, 0.1) is 6.92 Å². The number of anilines is 1. The van der Waals surface area contributed by atoms with E-state index in [1.807, 2.05) is 0 Å². The summed E-state index contributed by atoms with van der Waals surface area (Å²) >= 11 is 0. The lowest BCUT2D eigenvalue weighted by atomic mass is 10.1. The highest BCUT2D eigenvalue weighted by molar-refractivity contribution is 5.96. The van der Waals surface area contributed by atoms with E-state index in [-0.39, 0.29) is 24.3 Å². The molecule has 2 aliphatic rings. The second kappa shape index (κ2) is 5.20. The summed E-state index contributed by atoms with van der Waals surface area (Å²) in [4.78, 5) is 27.9. The number of ether oxygens (including phenoxy) is 1. The zero-order valence-corrected chi connectivity index (χ0v) is 11.3. The minimum Gasteiger partial charge on any atom is -0.376 e. The van der Waals surface area contributed by atoms with Gasteiger partial charge in [0, 0.05) is 13.2 Å². The molecule has 108 valence electrons. The zero-order valence-electron chi connectivity index (χ0n) is 11.3. The van der Waals surface area contributed by atoms with E-state index in [0.29, 0.717) is 18.3 Å². The molecule has 8 heteroatoms. The van der Waals surface area contributed by atoms with Gasteiger partial charge in [-0.15, -0.1) is 0 Å². The molecule has 0 unspecified atom stereocenters. The molecule has 1 aromatic heterocycles. The maximum absolute atomic E-state index is 12.2. The number of amides is 2. The Morgan fingerprint density at radius 3 is 3.20 bits per heavy atom. The molecule has 2 atom stereocenters. The maximum Gasteiger partial charge on any atom is 0.245 e. The van der Waals surface area contributed by atoms with E-state index < -0.39 is 6.04 Å². The minimum absolute atomic E-state index is 0.0765. The summed E-state index contributed by atoms with van der Waals surface area (Å²) in [6, 6.07) is -0.638. The monoisotopic (exact) mass is 279 g/mol. The molecule has 0 aromatic carbocycles. The fourth-order valence-electron chi connectivity index (χ4n) is 2.51. The third-order valence-electron chi connectivity index (χ3n) is 3.49. The van der Waals surface area contributed by atoms with Crippen LogP contribution >= 0.6 is 0 Å². The number of carbonyl (C=O) groups excluding carboxylic acids is 2. The van der Waals surface area contributed by atoms with Gasteiger partial charge in [0.15, 0.2) is 0 Å². The van der Waals surface area contributed by atoms with Crippen molar-refractivity contribution in [1.29, 1.82) is 0 Å². The number of hydrogen-bond acceptors (Lipinski definition) is 5. The number of nitrogens with zero attached hydrogens (tertiary/aromatic N) is 3. The number of nitrogens with one attached hydrogen (secondary N) is 2. The molecule has 0 bridgehead atoms. The summed E-state index contributed by atoms with van der Waals surface area (Å²) in [5.74, 6) is 0.416. The van der Waals surface area contributed by atoms with Gasteiger partial charge < -0.3 is 10.1 Å². The molecule has 0 spiro atoms. The number of aryl methyl sites for hydroxylation is 1. The summed E-state index contributed by atoms with van der Waals surface area (Å²) in [6.07, 6.45) is 2.14. The van der Waals surface area contributed by atoms with E-state index in [1.165, 1.54) is 4.68 Å². The standard InChI is InChI=1S/C12H17N5O3/c1-7-14-12-15-10(18)5-9(17(12)16-7)11(19)13-6-8-3-2-4-20-8/h8-9H,2-6H2,1H3,(H,13,19)(H,14,15,16,18)/t8-,9-/m0/s1. The molecule has 0 saturated carbocycles. The van der Waals surface area contributed by atoms with Gasteiger partial charge in [-0.05, 0) is 19.8 Å². The maximum atomic E-state index is 12.2. The molecule has 3 rings (SSSR count). The molecule has 1 aromatic rings. The molecule has 2 aliphatic heterocycles. The van der Waals surface area contributed by atoms with Gasteiger partial charge in [-0.1, -0.05) is 0 Å². The lowest BCUT2D eigenvalue weighted by Gasteiger charge is -2.23. The van der Waals surface area contributed by atoms with E-state index in [2.05, 4.69) is 20.7 Å². The Bertz CT molecular complexity index is 535. The highest BCUT2D eigenvalue weighted by Gasteiger charge is 2.32. The van der Waals surface area contributed by atoms with Gasteiger partial charge in [0.25, 0.3) is 0 Å². The first-order valence-electron chi connectivity index (χ1n) is 6.76. The number of carbonyl (C=O) groups is 2. The van der Waals surface area contributed by atoms with Crippen LogP contribution in [-0.2, 0) is 14.3 Å². The highest BCUT2D eigenvalue weighted by atomic mass is 16.5. The van der Waals surface area contributed by atoms with Gasteiger partial charge in [-0.25, -0.2) is 4.68 Å². The summed E-state index contributed by atoms with van der Waals surface area (Å²) in [6.45, 7) is 2.94. The largest absolute Gasteiger partial charge is 0.376 e. The summed E-state index contributed by atoms with van der Waals surface area (Å²) in [5, 5.41) is 9.61. The Labute approximate surface area is 115 Å². The molecule has 0 aliphatic carbocycles. The quantitative estimate of drug-likeness (QED) is 0.796. The van der Waals surface area contributed by atoms with E-state index in [9.17, 15) is 9.59 Å². The van der Waals surface area contributed by atoms with Crippen LogP contribution in [0.4, 0.5) is 5.95 Å². The van der Waals surface area contributed by atoms with Crippen molar-refractivity contribution >= 4 is 17.8 Å². The van der Waals surface area contributed by atoms with Gasteiger partial charge in [-0.3, -0.25) is 14.9 Å². The van der Waals surface area contributed by atoms with E-state index in [4.69, 9.17) is 4.74 Å². The van der Waals surface area contributed by atoms with Crippen molar-refractivity contribution in [3.63, 3.8) is 0 Å². The average Bonchev–Trinajstić information content (AvgIpc) is 3.03. The zero-order chi connectivity index (χ0) is 14.1. The van der Waals surface area contributed by atoms with E-state index in [0.717, 1.165) is 19.4 Å². The molecule has 20 heavy (non-hydrogen) atoms. The summed E-state index contributed by atoms with van der Waals surface area (Å²) in [5.41, 5.74) is 0. The van der Waals surface area contributed by atoms with Crippen LogP contribution in [0.3, 0.4) is 0 Å². The topological polar surface area (TPSA) is 98.1 Å². The highest BCUT2D eigenvalue weighted by Crippen LogP contribution is 2.22. The first-order valence-corrected chi connectivity index (χ1v) is 6.76. The van der Waals surface area contributed by atoms with Crippen LogP contribution in [0.25, 0.3) is 0 Å². The lowest BCUT2D eigenvalue weighted by molar-refractivity contribution is -0.129. The molecule has 2 amide bonds. The molecular formula is C12H17N5O3. The second-order valence-electron chi connectivity index (χ2n) is 5.08. The van der Waals surface area contributed by atoms with Crippen molar-refractivity contribution < 1.29 is 14.3 Å². The predicted molar refractivity (Wildman–Crippen MR) is 69.0 cm³/mol. The Morgan fingerprint density at radius 2 is 2.45 bits per heavy atom. The summed E-state index contributed by atoms with van der Waals surface area (Å²) < 4.78 is 6.93. The second-order valence-corrected chi connectivity index (χ2v) is 5.08. The van der Waals surface area contributed by atoms with Crippen molar-refractivity contribution in [3.8, 4) is 0 Å². The van der Waals surface area contributed by atoms with Crippen LogP contribution in [0.2, 0.25) is 0 Å². The predicted octanol–water partition coefficient (Wildman–Crippen LogP) is -0.235. The Kier molecular flexibility index (Phi) is 3.39.